The molecular formula is C19H20N4O5S. The van der Waals surface area contributed by atoms with Crippen LogP contribution in [0.15, 0.2) is 52.9 Å². The highest BCUT2D eigenvalue weighted by Crippen LogP contribution is 2.14. The van der Waals surface area contributed by atoms with Gasteiger partial charge in [0.1, 0.15) is 0 Å². The molecule has 0 radical (unpaired) electrons. The average molecular weight is 416 g/mol. The highest BCUT2D eigenvalue weighted by molar-refractivity contribution is 7.99. The predicted molar refractivity (Wildman–Crippen MR) is 109 cm³/mol. The first-order chi connectivity index (χ1) is 13.9. The smallest absolute Gasteiger partial charge is 0.337 e. The normalized spacial score (nSPS) is 10.1. The lowest BCUT2D eigenvalue weighted by molar-refractivity contribution is -0.120. The van der Waals surface area contributed by atoms with Gasteiger partial charge in [-0.15, -0.1) is 6.58 Å². The summed E-state index contributed by atoms with van der Waals surface area (Å²) in [5.41, 5.74) is 0.775. The molecule has 0 aliphatic heterocycles. The monoisotopic (exact) mass is 416 g/mol. The predicted octanol–water partition coefficient (Wildman–Crippen LogP) is 1.13. The number of ether oxygens (including phenoxy) is 1. The van der Waals surface area contributed by atoms with Gasteiger partial charge in [0.2, 0.25) is 11.8 Å². The minimum atomic E-state index is -0.466. The number of nitrogens with one attached hydrogen (secondary N) is 3. The van der Waals surface area contributed by atoms with Crippen molar-refractivity contribution in [1.29, 1.82) is 0 Å². The summed E-state index contributed by atoms with van der Waals surface area (Å²) in [4.78, 5) is 53.7. The molecule has 29 heavy (non-hydrogen) atoms. The lowest BCUT2D eigenvalue weighted by atomic mass is 10.2. The number of anilines is 1. The summed E-state index contributed by atoms with van der Waals surface area (Å²) < 4.78 is 4.61. The van der Waals surface area contributed by atoms with E-state index in [2.05, 4.69) is 31.9 Å². The Labute approximate surface area is 171 Å². The van der Waals surface area contributed by atoms with Crippen LogP contribution >= 0.6 is 11.8 Å². The first kappa shape index (κ1) is 21.9. The molecule has 2 amide bonds. The maximum absolute atomic E-state index is 12.1. The van der Waals surface area contributed by atoms with Gasteiger partial charge in [-0.3, -0.25) is 14.4 Å². The topological polar surface area (TPSA) is 130 Å². The van der Waals surface area contributed by atoms with Crippen LogP contribution in [0.1, 0.15) is 16.1 Å². The number of hydrogen-bond acceptors (Lipinski definition) is 7. The minimum absolute atomic E-state index is 0.00614. The van der Waals surface area contributed by atoms with Gasteiger partial charge in [-0.1, -0.05) is 17.8 Å². The molecule has 0 spiro atoms. The second kappa shape index (κ2) is 10.8. The summed E-state index contributed by atoms with van der Waals surface area (Å²) in [5.74, 6) is -1.08. The number of benzene rings is 1. The molecule has 1 aromatic heterocycles. The van der Waals surface area contributed by atoms with Crippen molar-refractivity contribution in [1.82, 2.24) is 15.3 Å². The number of carbonyl (C=O) groups is 3. The fourth-order valence-corrected chi connectivity index (χ4v) is 2.89. The Morgan fingerprint density at radius 1 is 1.24 bits per heavy atom. The van der Waals surface area contributed by atoms with E-state index in [1.54, 1.807) is 18.2 Å². The molecule has 0 aliphatic carbocycles. The number of thioether (sulfide) groups is 1. The van der Waals surface area contributed by atoms with Gasteiger partial charge in [-0.25, -0.2) is 9.78 Å². The van der Waals surface area contributed by atoms with Gasteiger partial charge in [-0.05, 0) is 24.3 Å². The number of hydrogen-bond donors (Lipinski definition) is 3. The van der Waals surface area contributed by atoms with E-state index in [0.29, 0.717) is 23.5 Å². The van der Waals surface area contributed by atoms with Gasteiger partial charge >= 0.3 is 5.97 Å². The fraction of sp³-hybridized carbons (Fsp3) is 0.211. The molecule has 152 valence electrons. The summed E-state index contributed by atoms with van der Waals surface area (Å²) in [6, 6.07) is 7.47. The molecule has 1 heterocycles. The van der Waals surface area contributed by atoms with Crippen molar-refractivity contribution in [3.05, 3.63) is 64.6 Å². The molecule has 10 heteroatoms. The van der Waals surface area contributed by atoms with Crippen molar-refractivity contribution in [2.45, 2.75) is 11.6 Å². The standard InChI is InChI=1S/C19H20N4O5S/c1-3-8-20-15(24)9-14-10-16(25)23-19(22-14)29-11-17(26)21-13-6-4-12(5-7-13)18(27)28-2/h3-7,10H,1,8-9,11H2,2H3,(H,20,24)(H,21,26)(H,22,23,25). The van der Waals surface area contributed by atoms with Crippen molar-refractivity contribution in [2.75, 3.05) is 24.7 Å². The molecule has 2 rings (SSSR count). The van der Waals surface area contributed by atoms with Crippen LogP contribution in [0.5, 0.6) is 0 Å². The van der Waals surface area contributed by atoms with E-state index in [4.69, 9.17) is 0 Å². The van der Waals surface area contributed by atoms with Crippen molar-refractivity contribution in [2.24, 2.45) is 0 Å². The number of methoxy groups -OCH3 is 1. The molecular weight excluding hydrogens is 396 g/mol. The van der Waals surface area contributed by atoms with Gasteiger partial charge in [0, 0.05) is 18.3 Å². The third-order valence-electron chi connectivity index (χ3n) is 3.49. The van der Waals surface area contributed by atoms with Crippen LogP contribution in [-0.2, 0) is 20.7 Å². The summed E-state index contributed by atoms with van der Waals surface area (Å²) >= 11 is 1.03. The summed E-state index contributed by atoms with van der Waals surface area (Å²) in [6.07, 6.45) is 1.50. The Morgan fingerprint density at radius 2 is 1.97 bits per heavy atom. The lowest BCUT2D eigenvalue weighted by Gasteiger charge is -2.07. The minimum Gasteiger partial charge on any atom is -0.465 e. The fourth-order valence-electron chi connectivity index (χ4n) is 2.19. The molecule has 0 saturated heterocycles. The third-order valence-corrected chi connectivity index (χ3v) is 4.36. The highest BCUT2D eigenvalue weighted by atomic mass is 32.2. The highest BCUT2D eigenvalue weighted by Gasteiger charge is 2.10. The zero-order valence-corrected chi connectivity index (χ0v) is 16.5. The Balaban J connectivity index is 1.92. The number of carbonyl (C=O) groups excluding carboxylic acids is 3. The Morgan fingerprint density at radius 3 is 2.62 bits per heavy atom. The van der Waals surface area contributed by atoms with E-state index in [1.165, 1.54) is 25.3 Å². The van der Waals surface area contributed by atoms with Crippen LogP contribution in [0, 0.1) is 0 Å². The molecule has 0 aliphatic rings. The third kappa shape index (κ3) is 7.26. The second-order valence-corrected chi connectivity index (χ2v) is 6.68. The Hall–Kier alpha value is -3.40. The van der Waals surface area contributed by atoms with Crippen molar-refractivity contribution >= 4 is 35.2 Å². The van der Waals surface area contributed by atoms with Crippen LogP contribution in [0.4, 0.5) is 5.69 Å². The molecule has 1 aromatic carbocycles. The van der Waals surface area contributed by atoms with E-state index >= 15 is 0 Å². The molecule has 3 N–H and O–H groups in total. The molecule has 0 atom stereocenters. The van der Waals surface area contributed by atoms with Crippen LogP contribution in [0.25, 0.3) is 0 Å². The van der Waals surface area contributed by atoms with Crippen molar-refractivity contribution < 1.29 is 19.1 Å². The first-order valence-corrected chi connectivity index (χ1v) is 9.48. The van der Waals surface area contributed by atoms with E-state index in [-0.39, 0.29) is 29.1 Å². The maximum atomic E-state index is 12.1. The zero-order valence-electron chi connectivity index (χ0n) is 15.7. The van der Waals surface area contributed by atoms with Gasteiger partial charge in [0.25, 0.3) is 5.56 Å². The van der Waals surface area contributed by atoms with Gasteiger partial charge in [0.05, 0.1) is 30.5 Å². The molecule has 0 saturated carbocycles. The first-order valence-electron chi connectivity index (χ1n) is 8.50. The number of aromatic nitrogens is 2. The Kier molecular flexibility index (Phi) is 8.16. The number of esters is 1. The van der Waals surface area contributed by atoms with E-state index in [0.717, 1.165) is 11.8 Å². The molecule has 0 fully saturated rings. The van der Waals surface area contributed by atoms with Crippen LogP contribution in [-0.4, -0.2) is 47.2 Å². The number of H-pyrrole nitrogens is 1. The largest absolute Gasteiger partial charge is 0.465 e. The lowest BCUT2D eigenvalue weighted by Crippen LogP contribution is -2.26. The van der Waals surface area contributed by atoms with Gasteiger partial charge in [0.15, 0.2) is 5.16 Å². The Bertz CT molecular complexity index is 956. The van der Waals surface area contributed by atoms with E-state index in [1.807, 2.05) is 0 Å². The van der Waals surface area contributed by atoms with Gasteiger partial charge < -0.3 is 20.4 Å². The molecule has 0 unspecified atom stereocenters. The quantitative estimate of drug-likeness (QED) is 0.242. The summed E-state index contributed by atoms with van der Waals surface area (Å²) in [7, 11) is 1.29. The summed E-state index contributed by atoms with van der Waals surface area (Å²) in [6.45, 7) is 3.83. The van der Waals surface area contributed by atoms with Crippen molar-refractivity contribution in [3.63, 3.8) is 0 Å². The van der Waals surface area contributed by atoms with Gasteiger partial charge in [-0.2, -0.15) is 0 Å². The van der Waals surface area contributed by atoms with E-state index in [9.17, 15) is 19.2 Å². The SMILES string of the molecule is C=CCNC(=O)Cc1cc(=O)[nH]c(SCC(=O)Nc2ccc(C(=O)OC)cc2)n1. The molecule has 9 nitrogen and oxygen atoms in total. The average Bonchev–Trinajstić information content (AvgIpc) is 2.70. The second-order valence-electron chi connectivity index (χ2n) is 5.72. The number of amides is 2. The summed E-state index contributed by atoms with van der Waals surface area (Å²) in [5, 5.41) is 5.51. The maximum Gasteiger partial charge on any atom is 0.337 e. The number of rotatable bonds is 9. The van der Waals surface area contributed by atoms with E-state index < -0.39 is 11.5 Å². The number of aromatic amines is 1. The zero-order chi connectivity index (χ0) is 21.2. The number of nitrogens with zero attached hydrogens (tertiary/aromatic N) is 1. The molecule has 2 aromatic rings. The van der Waals surface area contributed by atoms with Crippen LogP contribution in [0.3, 0.4) is 0 Å². The van der Waals surface area contributed by atoms with Crippen molar-refractivity contribution in [3.8, 4) is 0 Å². The molecule has 0 bridgehead atoms. The van der Waals surface area contributed by atoms with Crippen LogP contribution in [0.2, 0.25) is 0 Å². The van der Waals surface area contributed by atoms with Crippen LogP contribution < -0.4 is 16.2 Å².